The summed E-state index contributed by atoms with van der Waals surface area (Å²) in [5.41, 5.74) is 4.68. The van der Waals surface area contributed by atoms with Crippen LogP contribution in [-0.4, -0.2) is 21.5 Å². The molecule has 1 aromatic carbocycles. The molecule has 0 bridgehead atoms. The van der Waals surface area contributed by atoms with Crippen LogP contribution in [0.5, 0.6) is 0 Å². The van der Waals surface area contributed by atoms with Crippen molar-refractivity contribution in [3.63, 3.8) is 0 Å². The van der Waals surface area contributed by atoms with E-state index in [0.29, 0.717) is 12.2 Å². The van der Waals surface area contributed by atoms with Crippen LogP contribution in [0.2, 0.25) is 0 Å². The van der Waals surface area contributed by atoms with Gasteiger partial charge < -0.3 is 5.11 Å². The lowest BCUT2D eigenvalue weighted by atomic mass is 10.0. The molecule has 2 rings (SSSR count). The van der Waals surface area contributed by atoms with Gasteiger partial charge in [0.05, 0.1) is 18.8 Å². The van der Waals surface area contributed by atoms with Crippen LogP contribution in [0.3, 0.4) is 0 Å². The summed E-state index contributed by atoms with van der Waals surface area (Å²) in [6.07, 6.45) is 0. The Balaban J connectivity index is 2.51. The predicted molar refractivity (Wildman–Crippen MR) is 68.9 cm³/mol. The highest BCUT2D eigenvalue weighted by atomic mass is 16.3. The van der Waals surface area contributed by atoms with E-state index >= 15 is 0 Å². The predicted octanol–water partition coefficient (Wildman–Crippen LogP) is 2.03. The van der Waals surface area contributed by atoms with Gasteiger partial charge >= 0.3 is 0 Å². The van der Waals surface area contributed by atoms with Crippen LogP contribution >= 0.6 is 0 Å². The molecule has 0 spiro atoms. The van der Waals surface area contributed by atoms with E-state index in [-0.39, 0.29) is 6.61 Å². The van der Waals surface area contributed by atoms with Crippen molar-refractivity contribution in [2.45, 2.75) is 20.4 Å². The van der Waals surface area contributed by atoms with Crippen LogP contribution in [0.25, 0.3) is 11.3 Å². The smallest absolute Gasteiger partial charge is 0.163 e. The van der Waals surface area contributed by atoms with Crippen LogP contribution in [0, 0.1) is 25.2 Å². The molecule has 0 radical (unpaired) electrons. The fourth-order valence-electron chi connectivity index (χ4n) is 1.87. The maximum absolute atomic E-state index is 9.03. The molecule has 0 aliphatic rings. The molecular weight excluding hydrogens is 226 g/mol. The fraction of sp³-hybridized carbons (Fsp3) is 0.286. The molecule has 4 nitrogen and oxygen atoms in total. The minimum atomic E-state index is 0.00436. The third kappa shape index (κ3) is 2.27. The van der Waals surface area contributed by atoms with Gasteiger partial charge in [-0.15, -0.1) is 0 Å². The molecule has 0 amide bonds. The van der Waals surface area contributed by atoms with Gasteiger partial charge in [0.25, 0.3) is 0 Å². The molecule has 0 fully saturated rings. The number of benzene rings is 1. The molecule has 1 N–H and O–H groups in total. The SMILES string of the molecule is Cc1ccc(-c2cc(C#N)nn2CCO)cc1C. The normalized spacial score (nSPS) is 10.3. The highest BCUT2D eigenvalue weighted by molar-refractivity contribution is 5.62. The number of aromatic nitrogens is 2. The topological polar surface area (TPSA) is 61.8 Å². The Hall–Kier alpha value is -2.12. The first-order chi connectivity index (χ1) is 8.65. The average Bonchev–Trinajstić information content (AvgIpc) is 2.76. The van der Waals surface area contributed by atoms with Crippen LogP contribution in [0.1, 0.15) is 16.8 Å². The summed E-state index contributed by atoms with van der Waals surface area (Å²) in [6.45, 7) is 4.51. The molecule has 1 aromatic heterocycles. The number of hydrogen-bond donors (Lipinski definition) is 1. The van der Waals surface area contributed by atoms with Crippen molar-refractivity contribution < 1.29 is 5.11 Å². The van der Waals surface area contributed by atoms with Crippen molar-refractivity contribution in [3.05, 3.63) is 41.1 Å². The van der Waals surface area contributed by atoms with Crippen LogP contribution in [-0.2, 0) is 6.54 Å². The van der Waals surface area contributed by atoms with E-state index in [9.17, 15) is 0 Å². The first-order valence-electron chi connectivity index (χ1n) is 5.82. The van der Waals surface area contributed by atoms with Gasteiger partial charge in [-0.05, 0) is 31.0 Å². The lowest BCUT2D eigenvalue weighted by Gasteiger charge is -2.07. The maximum atomic E-state index is 9.03. The molecular formula is C14H15N3O. The number of rotatable bonds is 3. The molecule has 1 heterocycles. The summed E-state index contributed by atoms with van der Waals surface area (Å²) in [5, 5.41) is 22.1. The molecule has 0 aliphatic carbocycles. The van der Waals surface area contributed by atoms with Crippen molar-refractivity contribution in [3.8, 4) is 17.3 Å². The Bertz CT molecular complexity index is 608. The number of hydrogen-bond acceptors (Lipinski definition) is 3. The van der Waals surface area contributed by atoms with Gasteiger partial charge in [0.15, 0.2) is 5.69 Å². The first-order valence-corrected chi connectivity index (χ1v) is 5.82. The largest absolute Gasteiger partial charge is 0.394 e. The molecule has 0 unspecified atom stereocenters. The number of aryl methyl sites for hydroxylation is 2. The number of nitrogens with zero attached hydrogens (tertiary/aromatic N) is 3. The van der Waals surface area contributed by atoms with E-state index in [1.54, 1.807) is 10.7 Å². The van der Waals surface area contributed by atoms with Crippen molar-refractivity contribution in [1.29, 1.82) is 5.26 Å². The Morgan fingerprint density at radius 2 is 2.06 bits per heavy atom. The van der Waals surface area contributed by atoms with Crippen molar-refractivity contribution in [1.82, 2.24) is 9.78 Å². The summed E-state index contributed by atoms with van der Waals surface area (Å²) in [4.78, 5) is 0. The molecule has 4 heteroatoms. The third-order valence-corrected chi connectivity index (χ3v) is 3.01. The van der Waals surface area contributed by atoms with Gasteiger partial charge in [0.1, 0.15) is 6.07 Å². The highest BCUT2D eigenvalue weighted by Gasteiger charge is 2.10. The van der Waals surface area contributed by atoms with Gasteiger partial charge in [-0.25, -0.2) is 0 Å². The van der Waals surface area contributed by atoms with Gasteiger partial charge in [-0.3, -0.25) is 4.68 Å². The molecule has 0 aliphatic heterocycles. The minimum Gasteiger partial charge on any atom is -0.394 e. The van der Waals surface area contributed by atoms with E-state index in [2.05, 4.69) is 25.0 Å². The Morgan fingerprint density at radius 3 is 2.67 bits per heavy atom. The monoisotopic (exact) mass is 241 g/mol. The molecule has 18 heavy (non-hydrogen) atoms. The molecule has 0 atom stereocenters. The second-order valence-corrected chi connectivity index (χ2v) is 4.27. The van der Waals surface area contributed by atoms with Crippen molar-refractivity contribution in [2.24, 2.45) is 0 Å². The fourth-order valence-corrected chi connectivity index (χ4v) is 1.87. The van der Waals surface area contributed by atoms with Gasteiger partial charge in [0, 0.05) is 11.6 Å². The Morgan fingerprint density at radius 1 is 1.28 bits per heavy atom. The number of aliphatic hydroxyl groups is 1. The zero-order valence-corrected chi connectivity index (χ0v) is 10.5. The van der Waals surface area contributed by atoms with Crippen LogP contribution < -0.4 is 0 Å². The standard InChI is InChI=1S/C14H15N3O/c1-10-3-4-12(7-11(10)2)14-8-13(9-15)16-17(14)5-6-18/h3-4,7-8,18H,5-6H2,1-2H3. The number of aliphatic hydroxyl groups excluding tert-OH is 1. The summed E-state index contributed by atoms with van der Waals surface area (Å²) >= 11 is 0. The first kappa shape index (κ1) is 12.3. The third-order valence-electron chi connectivity index (χ3n) is 3.01. The van der Waals surface area contributed by atoms with Crippen LogP contribution in [0.15, 0.2) is 24.3 Å². The Kier molecular flexibility index (Phi) is 3.45. The van der Waals surface area contributed by atoms with E-state index in [0.717, 1.165) is 11.3 Å². The highest BCUT2D eigenvalue weighted by Crippen LogP contribution is 2.23. The molecule has 0 saturated heterocycles. The van der Waals surface area contributed by atoms with E-state index in [1.165, 1.54) is 11.1 Å². The van der Waals surface area contributed by atoms with Gasteiger partial charge in [0.2, 0.25) is 0 Å². The maximum Gasteiger partial charge on any atom is 0.163 e. The summed E-state index contributed by atoms with van der Waals surface area (Å²) in [6, 6.07) is 9.91. The summed E-state index contributed by atoms with van der Waals surface area (Å²) in [7, 11) is 0. The van der Waals surface area contributed by atoms with E-state index in [4.69, 9.17) is 10.4 Å². The second kappa shape index (κ2) is 5.03. The average molecular weight is 241 g/mol. The van der Waals surface area contributed by atoms with Crippen molar-refractivity contribution in [2.75, 3.05) is 6.61 Å². The minimum absolute atomic E-state index is 0.00436. The molecule has 92 valence electrons. The molecule has 0 saturated carbocycles. The van der Waals surface area contributed by atoms with Gasteiger partial charge in [-0.2, -0.15) is 10.4 Å². The lowest BCUT2D eigenvalue weighted by Crippen LogP contribution is -2.06. The second-order valence-electron chi connectivity index (χ2n) is 4.27. The van der Waals surface area contributed by atoms with Crippen LogP contribution in [0.4, 0.5) is 0 Å². The Labute approximate surface area is 106 Å². The van der Waals surface area contributed by atoms with Crippen molar-refractivity contribution >= 4 is 0 Å². The lowest BCUT2D eigenvalue weighted by molar-refractivity contribution is 0.270. The van der Waals surface area contributed by atoms with E-state index < -0.39 is 0 Å². The van der Waals surface area contributed by atoms with E-state index in [1.807, 2.05) is 18.2 Å². The summed E-state index contributed by atoms with van der Waals surface area (Å²) in [5.74, 6) is 0. The summed E-state index contributed by atoms with van der Waals surface area (Å²) < 4.78 is 1.67. The molecule has 2 aromatic rings. The quantitative estimate of drug-likeness (QED) is 0.894. The van der Waals surface area contributed by atoms with Gasteiger partial charge in [-0.1, -0.05) is 12.1 Å². The zero-order valence-electron chi connectivity index (χ0n) is 10.5. The zero-order chi connectivity index (χ0) is 13.1. The number of nitriles is 1.